The van der Waals surface area contributed by atoms with Crippen molar-refractivity contribution in [2.75, 3.05) is 19.8 Å². The Bertz CT molecular complexity index is 121. The lowest BCUT2D eigenvalue weighted by Crippen LogP contribution is -2.24. The Kier molecular flexibility index (Phi) is 5.31. The topological polar surface area (TPSA) is 47.9 Å². The van der Waals surface area contributed by atoms with E-state index in [0.29, 0.717) is 13.2 Å². The number of aliphatic hydroxyl groups excluding tert-OH is 1. The molecule has 78 valence electrons. The van der Waals surface area contributed by atoms with E-state index in [1.807, 2.05) is 0 Å². The standard InChI is InChI=1S/C9H18O4/c1-8(10)11-6-7-13-9-4-2-3-5-12-9/h8-10H,2-7H2,1H3. The van der Waals surface area contributed by atoms with Gasteiger partial charge in [0.15, 0.2) is 12.6 Å². The van der Waals surface area contributed by atoms with Crippen LogP contribution in [-0.4, -0.2) is 37.5 Å². The molecule has 2 unspecified atom stereocenters. The summed E-state index contributed by atoms with van der Waals surface area (Å²) in [6.07, 6.45) is 2.49. The molecular weight excluding hydrogens is 172 g/mol. The van der Waals surface area contributed by atoms with Gasteiger partial charge < -0.3 is 19.3 Å². The zero-order chi connectivity index (χ0) is 9.52. The molecule has 2 atom stereocenters. The average molecular weight is 190 g/mol. The van der Waals surface area contributed by atoms with Crippen molar-refractivity contribution in [1.82, 2.24) is 0 Å². The van der Waals surface area contributed by atoms with Crippen LogP contribution in [0.25, 0.3) is 0 Å². The summed E-state index contributed by atoms with van der Waals surface area (Å²) >= 11 is 0. The van der Waals surface area contributed by atoms with Crippen LogP contribution >= 0.6 is 0 Å². The van der Waals surface area contributed by atoms with Gasteiger partial charge in [0.2, 0.25) is 0 Å². The van der Waals surface area contributed by atoms with E-state index in [2.05, 4.69) is 0 Å². The first-order valence-electron chi connectivity index (χ1n) is 4.82. The maximum absolute atomic E-state index is 8.78. The van der Waals surface area contributed by atoms with Crippen molar-refractivity contribution in [1.29, 1.82) is 0 Å². The van der Waals surface area contributed by atoms with Gasteiger partial charge in [-0.15, -0.1) is 0 Å². The molecule has 0 radical (unpaired) electrons. The molecule has 1 saturated heterocycles. The lowest BCUT2D eigenvalue weighted by Gasteiger charge is -2.22. The van der Waals surface area contributed by atoms with E-state index < -0.39 is 6.29 Å². The van der Waals surface area contributed by atoms with Gasteiger partial charge in [-0.3, -0.25) is 0 Å². The lowest BCUT2D eigenvalue weighted by atomic mass is 10.2. The molecule has 0 spiro atoms. The largest absolute Gasteiger partial charge is 0.368 e. The quantitative estimate of drug-likeness (QED) is 0.516. The zero-order valence-electron chi connectivity index (χ0n) is 8.07. The highest BCUT2D eigenvalue weighted by atomic mass is 16.7. The van der Waals surface area contributed by atoms with Gasteiger partial charge in [-0.1, -0.05) is 0 Å². The molecule has 4 heteroatoms. The van der Waals surface area contributed by atoms with Crippen LogP contribution < -0.4 is 0 Å². The van der Waals surface area contributed by atoms with Crippen LogP contribution in [0, 0.1) is 0 Å². The van der Waals surface area contributed by atoms with E-state index in [4.69, 9.17) is 19.3 Å². The van der Waals surface area contributed by atoms with Crippen LogP contribution in [0.3, 0.4) is 0 Å². The number of hydrogen-bond acceptors (Lipinski definition) is 4. The van der Waals surface area contributed by atoms with Crippen LogP contribution in [0.2, 0.25) is 0 Å². The average Bonchev–Trinajstić information content (AvgIpc) is 2.14. The minimum atomic E-state index is -0.712. The lowest BCUT2D eigenvalue weighted by molar-refractivity contribution is -0.180. The normalized spacial score (nSPS) is 25.8. The molecular formula is C9H18O4. The van der Waals surface area contributed by atoms with Gasteiger partial charge in [-0.05, 0) is 26.2 Å². The van der Waals surface area contributed by atoms with Crippen molar-refractivity contribution < 1.29 is 19.3 Å². The van der Waals surface area contributed by atoms with Crippen molar-refractivity contribution in [3.05, 3.63) is 0 Å². The summed E-state index contributed by atoms with van der Waals surface area (Å²) in [5.74, 6) is 0. The summed E-state index contributed by atoms with van der Waals surface area (Å²) in [7, 11) is 0. The highest BCUT2D eigenvalue weighted by Gasteiger charge is 2.13. The van der Waals surface area contributed by atoms with E-state index in [1.165, 1.54) is 6.42 Å². The molecule has 1 aliphatic rings. The van der Waals surface area contributed by atoms with Gasteiger partial charge in [0, 0.05) is 6.61 Å². The smallest absolute Gasteiger partial charge is 0.157 e. The maximum Gasteiger partial charge on any atom is 0.157 e. The monoisotopic (exact) mass is 190 g/mol. The highest BCUT2D eigenvalue weighted by Crippen LogP contribution is 2.13. The summed E-state index contributed by atoms with van der Waals surface area (Å²) in [6, 6.07) is 0. The molecule has 0 bridgehead atoms. The van der Waals surface area contributed by atoms with Gasteiger partial charge in [0.05, 0.1) is 13.2 Å². The fraction of sp³-hybridized carbons (Fsp3) is 1.00. The first-order valence-corrected chi connectivity index (χ1v) is 4.82. The Balaban J connectivity index is 1.92. The van der Waals surface area contributed by atoms with E-state index in [0.717, 1.165) is 19.4 Å². The van der Waals surface area contributed by atoms with Gasteiger partial charge in [-0.2, -0.15) is 0 Å². The molecule has 0 aromatic heterocycles. The minimum Gasteiger partial charge on any atom is -0.368 e. The third kappa shape index (κ3) is 5.21. The van der Waals surface area contributed by atoms with Gasteiger partial charge in [0.25, 0.3) is 0 Å². The SMILES string of the molecule is CC(O)OCCOC1CCCCO1. The predicted molar refractivity (Wildman–Crippen MR) is 47.2 cm³/mol. The predicted octanol–water partition coefficient (Wildman–Crippen LogP) is 0.885. The van der Waals surface area contributed by atoms with Crippen molar-refractivity contribution in [3.63, 3.8) is 0 Å². The molecule has 1 fully saturated rings. The molecule has 1 aliphatic heterocycles. The van der Waals surface area contributed by atoms with E-state index in [1.54, 1.807) is 6.92 Å². The Morgan fingerprint density at radius 1 is 1.46 bits per heavy atom. The summed E-state index contributed by atoms with van der Waals surface area (Å²) in [6.45, 7) is 3.27. The van der Waals surface area contributed by atoms with E-state index >= 15 is 0 Å². The van der Waals surface area contributed by atoms with Crippen molar-refractivity contribution in [2.45, 2.75) is 38.8 Å². The Labute approximate surface area is 78.8 Å². The third-order valence-electron chi connectivity index (χ3n) is 1.88. The van der Waals surface area contributed by atoms with Crippen molar-refractivity contribution in [2.24, 2.45) is 0 Å². The Morgan fingerprint density at radius 3 is 2.92 bits per heavy atom. The van der Waals surface area contributed by atoms with Crippen LogP contribution in [0.15, 0.2) is 0 Å². The molecule has 0 aromatic rings. The van der Waals surface area contributed by atoms with Gasteiger partial charge in [0.1, 0.15) is 0 Å². The molecule has 1 rings (SSSR count). The van der Waals surface area contributed by atoms with E-state index in [-0.39, 0.29) is 6.29 Å². The minimum absolute atomic E-state index is 0.0636. The number of rotatable bonds is 5. The molecule has 0 amide bonds. The second-order valence-corrected chi connectivity index (χ2v) is 3.14. The second kappa shape index (κ2) is 6.32. The van der Waals surface area contributed by atoms with Crippen LogP contribution in [-0.2, 0) is 14.2 Å². The Morgan fingerprint density at radius 2 is 2.31 bits per heavy atom. The summed E-state index contributed by atoms with van der Waals surface area (Å²) in [4.78, 5) is 0. The fourth-order valence-electron chi connectivity index (χ4n) is 1.24. The molecule has 13 heavy (non-hydrogen) atoms. The summed E-state index contributed by atoms with van der Waals surface area (Å²) in [5, 5.41) is 8.78. The second-order valence-electron chi connectivity index (χ2n) is 3.14. The molecule has 1 N–H and O–H groups in total. The molecule has 4 nitrogen and oxygen atoms in total. The number of aliphatic hydroxyl groups is 1. The van der Waals surface area contributed by atoms with Crippen LogP contribution in [0.5, 0.6) is 0 Å². The third-order valence-corrected chi connectivity index (χ3v) is 1.88. The first kappa shape index (κ1) is 10.9. The number of hydrogen-bond donors (Lipinski definition) is 1. The van der Waals surface area contributed by atoms with Crippen molar-refractivity contribution >= 4 is 0 Å². The van der Waals surface area contributed by atoms with Crippen LogP contribution in [0.1, 0.15) is 26.2 Å². The number of ether oxygens (including phenoxy) is 3. The molecule has 0 aromatic carbocycles. The molecule has 0 saturated carbocycles. The maximum atomic E-state index is 8.78. The summed E-state index contributed by atoms with van der Waals surface area (Å²) < 4.78 is 15.6. The Hall–Kier alpha value is -0.160. The fourth-order valence-corrected chi connectivity index (χ4v) is 1.24. The summed E-state index contributed by atoms with van der Waals surface area (Å²) in [5.41, 5.74) is 0. The van der Waals surface area contributed by atoms with Gasteiger partial charge in [-0.25, -0.2) is 0 Å². The van der Waals surface area contributed by atoms with Crippen LogP contribution in [0.4, 0.5) is 0 Å². The highest BCUT2D eigenvalue weighted by molar-refractivity contribution is 4.53. The van der Waals surface area contributed by atoms with Crippen molar-refractivity contribution in [3.8, 4) is 0 Å². The van der Waals surface area contributed by atoms with E-state index in [9.17, 15) is 0 Å². The zero-order valence-corrected chi connectivity index (χ0v) is 8.07. The molecule has 1 heterocycles. The molecule has 0 aliphatic carbocycles. The van der Waals surface area contributed by atoms with Gasteiger partial charge >= 0.3 is 0 Å². The first-order chi connectivity index (χ1) is 6.29.